The molecule has 162 valence electrons. The Morgan fingerprint density at radius 1 is 1.03 bits per heavy atom. The fraction of sp³-hybridized carbons (Fsp3) is 0.0769. The third-order valence-corrected chi connectivity index (χ3v) is 5.82. The second-order valence-electron chi connectivity index (χ2n) is 7.11. The normalized spacial score (nSPS) is 11.2. The number of phenols is 1. The van der Waals surface area contributed by atoms with Crippen LogP contribution in [0.5, 0.6) is 5.75 Å². The number of rotatable bonds is 6. The van der Waals surface area contributed by atoms with Gasteiger partial charge in [-0.25, -0.2) is 4.98 Å². The van der Waals surface area contributed by atoms with E-state index in [1.165, 1.54) is 11.3 Å². The highest BCUT2D eigenvalue weighted by Crippen LogP contribution is 2.28. The molecule has 3 heterocycles. The average molecular weight is 452 g/mol. The number of carbonyl (C=O) groups excluding carboxylic acids is 1. The monoisotopic (exact) mass is 451 g/mol. The minimum absolute atomic E-state index is 0.0369. The number of hydrogen-bond acceptors (Lipinski definition) is 5. The molecule has 4 rings (SSSR count). The van der Waals surface area contributed by atoms with Crippen molar-refractivity contribution >= 4 is 23.0 Å². The lowest BCUT2D eigenvalue weighted by Crippen LogP contribution is -2.29. The maximum absolute atomic E-state index is 13.0. The summed E-state index contributed by atoms with van der Waals surface area (Å²) in [7, 11) is 0. The SMILES string of the molecule is [N-]=C(CC(NC(=O)c1ccc(C#Cc2ccccn2)s1)c1ccccc1O)c1cccnc1. The van der Waals surface area contributed by atoms with E-state index in [1.54, 1.807) is 67.1 Å². The summed E-state index contributed by atoms with van der Waals surface area (Å²) < 4.78 is 0. The van der Waals surface area contributed by atoms with E-state index in [0.717, 1.165) is 4.88 Å². The molecular weight excluding hydrogens is 432 g/mol. The Hall–Kier alpha value is -4.28. The second kappa shape index (κ2) is 10.4. The fourth-order valence-electron chi connectivity index (χ4n) is 3.18. The molecule has 0 saturated carbocycles. The van der Waals surface area contributed by atoms with Crippen LogP contribution in [0.4, 0.5) is 0 Å². The summed E-state index contributed by atoms with van der Waals surface area (Å²) in [4.78, 5) is 22.4. The van der Waals surface area contributed by atoms with E-state index in [-0.39, 0.29) is 23.8 Å². The molecule has 0 radical (unpaired) electrons. The van der Waals surface area contributed by atoms with Crippen LogP contribution < -0.4 is 5.32 Å². The van der Waals surface area contributed by atoms with Gasteiger partial charge in [0.15, 0.2) is 0 Å². The Morgan fingerprint density at radius 2 is 1.88 bits per heavy atom. The number of hydrogen-bond donors (Lipinski definition) is 2. The Balaban J connectivity index is 1.53. The van der Waals surface area contributed by atoms with Gasteiger partial charge in [-0.3, -0.25) is 9.78 Å². The van der Waals surface area contributed by atoms with Gasteiger partial charge in [-0.05, 0) is 60.2 Å². The molecule has 0 saturated heterocycles. The average Bonchev–Trinajstić information content (AvgIpc) is 3.33. The van der Waals surface area contributed by atoms with Gasteiger partial charge in [0.25, 0.3) is 5.91 Å². The summed E-state index contributed by atoms with van der Waals surface area (Å²) >= 11 is 1.26. The molecule has 0 bridgehead atoms. The van der Waals surface area contributed by atoms with Crippen molar-refractivity contribution in [2.75, 3.05) is 0 Å². The minimum atomic E-state index is -0.649. The highest BCUT2D eigenvalue weighted by molar-refractivity contribution is 7.14. The van der Waals surface area contributed by atoms with Crippen LogP contribution in [0.2, 0.25) is 0 Å². The van der Waals surface area contributed by atoms with Crippen LogP contribution in [-0.2, 0) is 0 Å². The number of para-hydroxylation sites is 1. The van der Waals surface area contributed by atoms with Crippen LogP contribution in [0, 0.1) is 11.8 Å². The van der Waals surface area contributed by atoms with Gasteiger partial charge < -0.3 is 15.8 Å². The van der Waals surface area contributed by atoms with Crippen molar-refractivity contribution in [2.45, 2.75) is 12.5 Å². The lowest BCUT2D eigenvalue weighted by Gasteiger charge is -2.24. The van der Waals surface area contributed by atoms with Crippen LogP contribution in [-0.4, -0.2) is 26.7 Å². The molecular formula is C26H19N4O2S-. The Labute approximate surface area is 195 Å². The van der Waals surface area contributed by atoms with Crippen LogP contribution in [0.3, 0.4) is 0 Å². The third kappa shape index (κ3) is 5.70. The molecule has 0 fully saturated rings. The standard InChI is InChI=1S/C26H19N4O2S/c27-22(18-6-5-14-28-17-18)16-23(21-8-1-2-9-24(21)31)30-26(32)25-13-12-20(33-25)11-10-19-7-3-4-15-29-19/h1-9,12-15,17,23,31H,16H2,(H,30,32)/q-1. The summed E-state index contributed by atoms with van der Waals surface area (Å²) in [6.07, 6.45) is 4.93. The molecule has 4 aromatic rings. The number of carbonyl (C=O) groups is 1. The molecule has 6 nitrogen and oxygen atoms in total. The third-order valence-electron chi connectivity index (χ3n) is 4.82. The number of phenolic OH excluding ortho intramolecular Hbond substituents is 1. The number of benzene rings is 1. The predicted molar refractivity (Wildman–Crippen MR) is 129 cm³/mol. The van der Waals surface area contributed by atoms with Crippen molar-refractivity contribution in [3.63, 3.8) is 0 Å². The van der Waals surface area contributed by atoms with Crippen molar-refractivity contribution in [2.24, 2.45) is 0 Å². The number of thiophene rings is 1. The first kappa shape index (κ1) is 21.9. The zero-order valence-electron chi connectivity index (χ0n) is 17.5. The predicted octanol–water partition coefficient (Wildman–Crippen LogP) is 4.56. The van der Waals surface area contributed by atoms with Crippen LogP contribution in [0.1, 0.15) is 43.8 Å². The maximum atomic E-state index is 13.0. The summed E-state index contributed by atoms with van der Waals surface area (Å²) in [5, 5.41) is 23.9. The zero-order valence-corrected chi connectivity index (χ0v) is 18.3. The molecule has 1 unspecified atom stereocenters. The van der Waals surface area contributed by atoms with Gasteiger partial charge in [-0.2, -0.15) is 5.71 Å². The van der Waals surface area contributed by atoms with Crippen molar-refractivity contribution < 1.29 is 9.90 Å². The number of amides is 1. The van der Waals surface area contributed by atoms with Crippen molar-refractivity contribution in [3.8, 4) is 17.6 Å². The largest absolute Gasteiger partial charge is 0.807 e. The first-order chi connectivity index (χ1) is 16.1. The first-order valence-electron chi connectivity index (χ1n) is 10.2. The zero-order chi connectivity index (χ0) is 23.0. The lowest BCUT2D eigenvalue weighted by molar-refractivity contribution is 0.0941. The van der Waals surface area contributed by atoms with E-state index >= 15 is 0 Å². The molecule has 0 aliphatic carbocycles. The summed E-state index contributed by atoms with van der Waals surface area (Å²) in [6.45, 7) is 0. The van der Waals surface area contributed by atoms with Crippen molar-refractivity contribution in [3.05, 3.63) is 117 Å². The van der Waals surface area contributed by atoms with Crippen LogP contribution in [0.15, 0.2) is 85.3 Å². The molecule has 2 N–H and O–H groups in total. The summed E-state index contributed by atoms with van der Waals surface area (Å²) in [6, 6.07) is 18.5. The molecule has 0 aliphatic rings. The summed E-state index contributed by atoms with van der Waals surface area (Å²) in [5.74, 6) is 5.71. The Bertz CT molecular complexity index is 1320. The number of nitrogens with one attached hydrogen (secondary N) is 1. The molecule has 1 atom stereocenters. The molecule has 1 amide bonds. The van der Waals surface area contributed by atoms with Gasteiger partial charge in [-0.1, -0.05) is 30.3 Å². The van der Waals surface area contributed by atoms with Crippen molar-refractivity contribution in [1.29, 1.82) is 0 Å². The van der Waals surface area contributed by atoms with E-state index in [0.29, 0.717) is 21.7 Å². The van der Waals surface area contributed by atoms with Gasteiger partial charge in [-0.15, -0.1) is 11.3 Å². The van der Waals surface area contributed by atoms with Gasteiger partial charge >= 0.3 is 0 Å². The van der Waals surface area contributed by atoms with Gasteiger partial charge in [0.05, 0.1) is 15.8 Å². The molecule has 3 aromatic heterocycles. The molecule has 0 aliphatic heterocycles. The first-order valence-corrected chi connectivity index (χ1v) is 11.0. The van der Waals surface area contributed by atoms with Crippen LogP contribution >= 0.6 is 11.3 Å². The molecule has 33 heavy (non-hydrogen) atoms. The fourth-order valence-corrected chi connectivity index (χ4v) is 3.95. The summed E-state index contributed by atoms with van der Waals surface area (Å²) in [5.41, 5.74) is 1.77. The molecule has 7 heteroatoms. The van der Waals surface area contributed by atoms with Gasteiger partial charge in [0.2, 0.25) is 0 Å². The second-order valence-corrected chi connectivity index (χ2v) is 8.19. The van der Waals surface area contributed by atoms with Gasteiger partial charge in [0.1, 0.15) is 11.4 Å². The highest BCUT2D eigenvalue weighted by Gasteiger charge is 2.20. The van der Waals surface area contributed by atoms with E-state index in [9.17, 15) is 15.3 Å². The highest BCUT2D eigenvalue weighted by atomic mass is 32.1. The topological polar surface area (TPSA) is 97.4 Å². The van der Waals surface area contributed by atoms with E-state index in [2.05, 4.69) is 27.1 Å². The lowest BCUT2D eigenvalue weighted by atomic mass is 9.97. The van der Waals surface area contributed by atoms with Gasteiger partial charge in [0, 0.05) is 24.2 Å². The quantitative estimate of drug-likeness (QED) is 0.332. The van der Waals surface area contributed by atoms with E-state index in [1.807, 2.05) is 18.2 Å². The van der Waals surface area contributed by atoms with E-state index in [4.69, 9.17) is 0 Å². The van der Waals surface area contributed by atoms with Crippen LogP contribution in [0.25, 0.3) is 5.41 Å². The number of nitrogens with zero attached hydrogens (tertiary/aromatic N) is 3. The van der Waals surface area contributed by atoms with E-state index < -0.39 is 6.04 Å². The van der Waals surface area contributed by atoms with Crippen molar-refractivity contribution in [1.82, 2.24) is 15.3 Å². The number of aromatic nitrogens is 2. The smallest absolute Gasteiger partial charge is 0.261 e. The Kier molecular flexibility index (Phi) is 6.88. The Morgan fingerprint density at radius 3 is 2.64 bits per heavy atom. The number of pyridine rings is 2. The number of aromatic hydroxyl groups is 1. The molecule has 1 aromatic carbocycles. The molecule has 0 spiro atoms. The maximum Gasteiger partial charge on any atom is 0.261 e. The minimum Gasteiger partial charge on any atom is -0.807 e.